The Balaban J connectivity index is 1.53. The molecular weight excluding hydrogens is 338 g/mol. The number of hydrogen-bond donors (Lipinski definition) is 0. The van der Waals surface area contributed by atoms with E-state index in [1.807, 2.05) is 47.1 Å². The van der Waals surface area contributed by atoms with Gasteiger partial charge in [-0.05, 0) is 38.1 Å². The minimum Gasteiger partial charge on any atom is -0.476 e. The van der Waals surface area contributed by atoms with E-state index < -0.39 is 0 Å². The van der Waals surface area contributed by atoms with E-state index in [1.54, 1.807) is 0 Å². The lowest BCUT2D eigenvalue weighted by Crippen LogP contribution is -2.34. The lowest BCUT2D eigenvalue weighted by molar-refractivity contribution is 0.146. The van der Waals surface area contributed by atoms with Crippen LogP contribution in [0.2, 0.25) is 0 Å². The van der Waals surface area contributed by atoms with Crippen LogP contribution >= 0.6 is 0 Å². The van der Waals surface area contributed by atoms with Crippen LogP contribution in [0.5, 0.6) is 5.88 Å². The molecule has 3 aromatic rings. The fourth-order valence-corrected chi connectivity index (χ4v) is 3.63. The van der Waals surface area contributed by atoms with Crippen LogP contribution in [0.1, 0.15) is 18.4 Å². The second-order valence-corrected chi connectivity index (χ2v) is 7.20. The van der Waals surface area contributed by atoms with E-state index in [1.165, 1.54) is 19.4 Å². The number of imidazole rings is 1. The summed E-state index contributed by atoms with van der Waals surface area (Å²) in [5.41, 5.74) is 3.72. The van der Waals surface area contributed by atoms with Crippen molar-refractivity contribution >= 4 is 5.65 Å². The van der Waals surface area contributed by atoms with E-state index in [-0.39, 0.29) is 0 Å². The lowest BCUT2D eigenvalue weighted by Gasteiger charge is -2.29. The zero-order chi connectivity index (χ0) is 18.6. The van der Waals surface area contributed by atoms with Crippen molar-refractivity contribution in [3.63, 3.8) is 0 Å². The third kappa shape index (κ3) is 3.93. The molecule has 1 unspecified atom stereocenters. The Bertz CT molecular complexity index is 957. The first-order valence-corrected chi connectivity index (χ1v) is 9.35. The summed E-state index contributed by atoms with van der Waals surface area (Å²) in [5.74, 6) is 1.17. The van der Waals surface area contributed by atoms with Crippen molar-refractivity contribution in [2.45, 2.75) is 19.3 Å². The van der Waals surface area contributed by atoms with Gasteiger partial charge in [-0.25, -0.2) is 9.50 Å². The Kier molecular flexibility index (Phi) is 5.03. The van der Waals surface area contributed by atoms with Crippen molar-refractivity contribution in [2.24, 2.45) is 5.92 Å². The molecular formula is C21H23N5O. The maximum absolute atomic E-state index is 8.81. The molecule has 1 aliphatic heterocycles. The van der Waals surface area contributed by atoms with Crippen LogP contribution in [0.3, 0.4) is 0 Å². The van der Waals surface area contributed by atoms with E-state index >= 15 is 0 Å². The van der Waals surface area contributed by atoms with Crippen molar-refractivity contribution in [1.82, 2.24) is 19.5 Å². The molecule has 27 heavy (non-hydrogen) atoms. The quantitative estimate of drug-likeness (QED) is 0.698. The standard InChI is InChI=1S/C21H23N5O/c1-25-12-2-3-17(14-25)15-27-21-9-8-20-23-13-19(26(20)24-21)18-6-4-16(5-7-18)10-11-22/h4-9,13,17H,2-3,10,12,14-15H2,1H3. The maximum Gasteiger partial charge on any atom is 0.231 e. The molecule has 0 aliphatic carbocycles. The van der Waals surface area contributed by atoms with E-state index in [4.69, 9.17) is 10.00 Å². The van der Waals surface area contributed by atoms with Crippen LogP contribution < -0.4 is 4.74 Å². The Morgan fingerprint density at radius 1 is 1.22 bits per heavy atom. The topological polar surface area (TPSA) is 66.5 Å². The number of benzene rings is 1. The summed E-state index contributed by atoms with van der Waals surface area (Å²) in [4.78, 5) is 6.80. The fourth-order valence-electron chi connectivity index (χ4n) is 3.63. The summed E-state index contributed by atoms with van der Waals surface area (Å²) >= 11 is 0. The summed E-state index contributed by atoms with van der Waals surface area (Å²) in [7, 11) is 2.16. The molecule has 0 spiro atoms. The molecule has 0 saturated carbocycles. The van der Waals surface area contributed by atoms with E-state index in [0.29, 0.717) is 24.8 Å². The van der Waals surface area contributed by atoms with E-state index in [2.05, 4.69) is 28.1 Å². The molecule has 1 atom stereocenters. The molecule has 1 saturated heterocycles. The molecule has 0 N–H and O–H groups in total. The van der Waals surface area contributed by atoms with E-state index in [9.17, 15) is 0 Å². The summed E-state index contributed by atoms with van der Waals surface area (Å²) in [6.45, 7) is 2.94. The number of piperidine rings is 1. The van der Waals surface area contributed by atoms with Gasteiger partial charge >= 0.3 is 0 Å². The number of hydrogen-bond acceptors (Lipinski definition) is 5. The molecule has 6 heteroatoms. The SMILES string of the molecule is CN1CCCC(COc2ccc3ncc(-c4ccc(CC#N)cc4)n3n2)C1. The number of fused-ring (bicyclic) bond motifs is 1. The maximum atomic E-state index is 8.81. The van der Waals surface area contributed by atoms with Gasteiger partial charge in [-0.15, -0.1) is 5.10 Å². The second kappa shape index (κ2) is 7.77. The molecule has 2 aromatic heterocycles. The van der Waals surface area contributed by atoms with Gasteiger partial charge in [-0.3, -0.25) is 0 Å². The highest BCUT2D eigenvalue weighted by Crippen LogP contribution is 2.23. The van der Waals surface area contributed by atoms with Crippen LogP contribution in [-0.2, 0) is 6.42 Å². The highest BCUT2D eigenvalue weighted by molar-refractivity contribution is 5.63. The zero-order valence-electron chi connectivity index (χ0n) is 15.5. The van der Waals surface area contributed by atoms with Crippen molar-refractivity contribution in [1.29, 1.82) is 5.26 Å². The molecule has 0 bridgehead atoms. The molecule has 3 heterocycles. The van der Waals surface area contributed by atoms with Gasteiger partial charge in [0.2, 0.25) is 5.88 Å². The van der Waals surface area contributed by atoms with Crippen molar-refractivity contribution < 1.29 is 4.74 Å². The Morgan fingerprint density at radius 3 is 2.85 bits per heavy atom. The normalized spacial score (nSPS) is 17.7. The molecule has 1 aromatic carbocycles. The van der Waals surface area contributed by atoms with Crippen LogP contribution in [-0.4, -0.2) is 46.2 Å². The number of likely N-dealkylation sites (tertiary alicyclic amines) is 1. The summed E-state index contributed by atoms with van der Waals surface area (Å²) in [5, 5.41) is 13.5. The molecule has 0 radical (unpaired) electrons. The first-order chi connectivity index (χ1) is 13.2. The number of aromatic nitrogens is 3. The van der Waals surface area contributed by atoms with Crippen LogP contribution in [0, 0.1) is 17.2 Å². The number of nitriles is 1. The van der Waals surface area contributed by atoms with Gasteiger partial charge in [0.05, 0.1) is 31.0 Å². The largest absolute Gasteiger partial charge is 0.476 e. The number of nitrogens with zero attached hydrogens (tertiary/aromatic N) is 5. The highest BCUT2D eigenvalue weighted by Gasteiger charge is 2.18. The van der Waals surface area contributed by atoms with Crippen molar-refractivity contribution in [3.8, 4) is 23.2 Å². The smallest absolute Gasteiger partial charge is 0.231 e. The van der Waals surface area contributed by atoms with Crippen LogP contribution in [0.4, 0.5) is 0 Å². The second-order valence-electron chi connectivity index (χ2n) is 7.20. The summed E-state index contributed by atoms with van der Waals surface area (Å²) in [6.07, 6.45) is 4.67. The fraction of sp³-hybridized carbons (Fsp3) is 0.381. The molecule has 6 nitrogen and oxygen atoms in total. The zero-order valence-corrected chi connectivity index (χ0v) is 15.5. The van der Waals surface area contributed by atoms with Gasteiger partial charge in [0.25, 0.3) is 0 Å². The Hall–Kier alpha value is -2.91. The first kappa shape index (κ1) is 17.5. The third-order valence-electron chi connectivity index (χ3n) is 5.06. The molecule has 1 fully saturated rings. The summed E-state index contributed by atoms with van der Waals surface area (Å²) in [6, 6.07) is 13.9. The molecule has 1 aliphatic rings. The third-order valence-corrected chi connectivity index (χ3v) is 5.06. The lowest BCUT2D eigenvalue weighted by atomic mass is 10.00. The number of rotatable bonds is 5. The molecule has 4 rings (SSSR count). The van der Waals surface area contributed by atoms with Gasteiger partial charge in [-0.1, -0.05) is 24.3 Å². The van der Waals surface area contributed by atoms with Crippen molar-refractivity contribution in [2.75, 3.05) is 26.7 Å². The summed E-state index contributed by atoms with van der Waals surface area (Å²) < 4.78 is 7.81. The number of ether oxygens (including phenoxy) is 1. The average Bonchev–Trinajstić information content (AvgIpc) is 3.11. The Morgan fingerprint density at radius 2 is 2.07 bits per heavy atom. The van der Waals surface area contributed by atoms with Gasteiger partial charge in [-0.2, -0.15) is 5.26 Å². The molecule has 138 valence electrons. The van der Waals surface area contributed by atoms with Crippen LogP contribution in [0.25, 0.3) is 16.9 Å². The van der Waals surface area contributed by atoms with Crippen LogP contribution in [0.15, 0.2) is 42.6 Å². The van der Waals surface area contributed by atoms with Crippen molar-refractivity contribution in [3.05, 3.63) is 48.2 Å². The van der Waals surface area contributed by atoms with Gasteiger partial charge in [0.1, 0.15) is 0 Å². The van der Waals surface area contributed by atoms with Gasteiger partial charge in [0.15, 0.2) is 5.65 Å². The predicted octanol–water partition coefficient (Wildman–Crippen LogP) is 3.18. The Labute approximate surface area is 159 Å². The first-order valence-electron chi connectivity index (χ1n) is 9.35. The average molecular weight is 361 g/mol. The predicted molar refractivity (Wildman–Crippen MR) is 103 cm³/mol. The minimum atomic E-state index is 0.417. The van der Waals surface area contributed by atoms with Gasteiger partial charge in [0, 0.05) is 24.1 Å². The highest BCUT2D eigenvalue weighted by atomic mass is 16.5. The monoisotopic (exact) mass is 361 g/mol. The minimum absolute atomic E-state index is 0.417. The molecule has 0 amide bonds. The van der Waals surface area contributed by atoms with E-state index in [0.717, 1.165) is 29.0 Å². The van der Waals surface area contributed by atoms with Gasteiger partial charge < -0.3 is 9.64 Å².